The molecule has 0 radical (unpaired) electrons. The summed E-state index contributed by atoms with van der Waals surface area (Å²) in [6, 6.07) is 0. The summed E-state index contributed by atoms with van der Waals surface area (Å²) in [5.41, 5.74) is -3.57. The van der Waals surface area contributed by atoms with Crippen LogP contribution in [-0.4, -0.2) is 64.2 Å². The molecule has 0 aliphatic heterocycles. The first kappa shape index (κ1) is 36.0. The third kappa shape index (κ3) is 16.7. The summed E-state index contributed by atoms with van der Waals surface area (Å²) < 4.78 is 32.9. The fourth-order valence-electron chi connectivity index (χ4n) is 3.02. The Kier molecular flexibility index (Phi) is 20.6. The minimum absolute atomic E-state index is 0.399. The SMILES string of the molecule is CC1(C(=O)[O-])C=C(S(=O)(=O)[O-])CC(C)(C(=O)[O-])C1.CC[NH2+]CC.CC[NH2+]CC.CC[NH2+]CC. The zero-order valence-corrected chi connectivity index (χ0v) is 22.5. The van der Waals surface area contributed by atoms with Crippen LogP contribution in [0, 0.1) is 10.8 Å². The first-order chi connectivity index (χ1) is 15.1. The minimum atomic E-state index is -4.91. The lowest BCUT2D eigenvalue weighted by Gasteiger charge is -2.44. The highest BCUT2D eigenvalue weighted by Gasteiger charge is 2.42. The van der Waals surface area contributed by atoms with Crippen LogP contribution in [0.1, 0.15) is 68.2 Å². The molecule has 11 heteroatoms. The molecule has 1 aliphatic carbocycles. The number of carboxylic acids is 2. The molecule has 1 aliphatic rings. The Labute approximate surface area is 200 Å². The van der Waals surface area contributed by atoms with E-state index >= 15 is 0 Å². The molecule has 0 aromatic heterocycles. The van der Waals surface area contributed by atoms with E-state index in [9.17, 15) is 32.8 Å². The monoisotopic (exact) mass is 497 g/mol. The first-order valence-corrected chi connectivity index (χ1v) is 13.1. The summed E-state index contributed by atoms with van der Waals surface area (Å²) in [5.74, 6) is -3.25. The van der Waals surface area contributed by atoms with Gasteiger partial charge in [-0.15, -0.1) is 0 Å². The third-order valence-corrected chi connectivity index (χ3v) is 5.72. The molecule has 0 aromatic rings. The number of hydrogen-bond acceptors (Lipinski definition) is 7. The van der Waals surface area contributed by atoms with E-state index in [1.165, 1.54) is 39.3 Å². The highest BCUT2D eigenvalue weighted by atomic mass is 32.2. The molecule has 0 saturated heterocycles. The fraction of sp³-hybridized carbons (Fsp3) is 0.818. The standard InChI is InChI=1S/C10H14O7S.3C4H11N/c1-9(7(11)12)3-6(18(15,16)17)4-10(2,5-9)8(13)14;3*1-3-5-4-2/h3H,4-5H2,1-2H3,(H,11,12)(H,13,14)(H,15,16,17);3*5H,3-4H2,1-2H3. The summed E-state index contributed by atoms with van der Waals surface area (Å²) in [6.45, 7) is 22.5. The lowest BCUT2D eigenvalue weighted by Crippen LogP contribution is -2.82. The second kappa shape index (κ2) is 18.8. The van der Waals surface area contributed by atoms with Crippen LogP contribution in [-0.2, 0) is 19.7 Å². The number of carboxylic acid groups (broad SMARTS) is 2. The molecule has 0 aromatic carbocycles. The molecule has 10 nitrogen and oxygen atoms in total. The summed E-state index contributed by atoms with van der Waals surface area (Å²) >= 11 is 0. The Morgan fingerprint density at radius 3 is 1.33 bits per heavy atom. The largest absolute Gasteiger partial charge is 0.744 e. The van der Waals surface area contributed by atoms with E-state index in [4.69, 9.17) is 0 Å². The molecule has 6 N–H and O–H groups in total. The maximum atomic E-state index is 11.0. The van der Waals surface area contributed by atoms with Crippen molar-refractivity contribution in [2.75, 3.05) is 39.3 Å². The lowest BCUT2D eigenvalue weighted by molar-refractivity contribution is -0.648. The van der Waals surface area contributed by atoms with Gasteiger partial charge >= 0.3 is 0 Å². The zero-order chi connectivity index (χ0) is 26.7. The van der Waals surface area contributed by atoms with Gasteiger partial charge in [-0.25, -0.2) is 8.42 Å². The van der Waals surface area contributed by atoms with Crippen LogP contribution in [0.25, 0.3) is 0 Å². The zero-order valence-electron chi connectivity index (χ0n) is 21.7. The number of nitrogens with two attached hydrogens (primary N) is 3. The predicted molar refractivity (Wildman–Crippen MR) is 122 cm³/mol. The molecule has 0 amide bonds. The van der Waals surface area contributed by atoms with E-state index < -0.39 is 50.6 Å². The molecule has 0 spiro atoms. The average molecular weight is 498 g/mol. The van der Waals surface area contributed by atoms with Crippen LogP contribution in [0.15, 0.2) is 11.0 Å². The van der Waals surface area contributed by atoms with Crippen LogP contribution in [0.5, 0.6) is 0 Å². The van der Waals surface area contributed by atoms with Crippen LogP contribution in [0.2, 0.25) is 0 Å². The second-order valence-corrected chi connectivity index (χ2v) is 9.72. The van der Waals surface area contributed by atoms with Crippen molar-refractivity contribution in [2.24, 2.45) is 10.8 Å². The molecule has 0 fully saturated rings. The molecule has 33 heavy (non-hydrogen) atoms. The average Bonchev–Trinajstić information content (AvgIpc) is 2.70. The Balaban J connectivity index is -0.000000489. The summed E-state index contributed by atoms with van der Waals surface area (Å²) in [7, 11) is -4.91. The van der Waals surface area contributed by atoms with Crippen LogP contribution in [0.4, 0.5) is 0 Å². The predicted octanol–water partition coefficient (Wildman–Crippen LogP) is -3.51. The number of allylic oxidation sites excluding steroid dienone is 1. The van der Waals surface area contributed by atoms with Crippen molar-refractivity contribution in [2.45, 2.75) is 68.2 Å². The van der Waals surface area contributed by atoms with Crippen molar-refractivity contribution in [1.82, 2.24) is 0 Å². The Morgan fingerprint density at radius 1 is 0.818 bits per heavy atom. The topological polar surface area (TPSA) is 187 Å². The molecule has 0 bridgehead atoms. The number of hydrogen-bond donors (Lipinski definition) is 3. The molecular weight excluding hydrogens is 450 g/mol. The van der Waals surface area contributed by atoms with Gasteiger partial charge in [0.1, 0.15) is 10.1 Å². The number of carbonyl (C=O) groups excluding carboxylic acids is 2. The maximum Gasteiger partial charge on any atom is 0.120 e. The highest BCUT2D eigenvalue weighted by molar-refractivity contribution is 7.89. The smallest absolute Gasteiger partial charge is 0.120 e. The van der Waals surface area contributed by atoms with Gasteiger partial charge in [0.15, 0.2) is 0 Å². The van der Waals surface area contributed by atoms with E-state index in [-0.39, 0.29) is 0 Å². The summed E-state index contributed by atoms with van der Waals surface area (Å²) in [4.78, 5) is 21.2. The minimum Gasteiger partial charge on any atom is -0.744 e. The van der Waals surface area contributed by atoms with Gasteiger partial charge in [-0.2, -0.15) is 0 Å². The van der Waals surface area contributed by atoms with Crippen LogP contribution in [0.3, 0.4) is 0 Å². The molecule has 1 rings (SSSR count). The van der Waals surface area contributed by atoms with E-state index in [1.54, 1.807) is 0 Å². The lowest BCUT2D eigenvalue weighted by atomic mass is 9.67. The number of quaternary nitrogens is 3. The fourth-order valence-corrected chi connectivity index (χ4v) is 3.92. The first-order valence-electron chi connectivity index (χ1n) is 11.7. The van der Waals surface area contributed by atoms with E-state index in [1.807, 2.05) is 0 Å². The summed E-state index contributed by atoms with van der Waals surface area (Å²) in [5, 5.41) is 28.8. The van der Waals surface area contributed by atoms with Gasteiger partial charge in [-0.1, -0.05) is 19.9 Å². The van der Waals surface area contributed by atoms with E-state index in [2.05, 4.69) is 57.5 Å². The number of carbonyl (C=O) groups is 2. The summed E-state index contributed by atoms with van der Waals surface area (Å²) in [6.07, 6.45) is -0.219. The quantitative estimate of drug-likeness (QED) is 0.275. The Hall–Kier alpha value is -1.53. The number of aliphatic carboxylic acids is 2. The Morgan fingerprint density at radius 2 is 1.15 bits per heavy atom. The van der Waals surface area contributed by atoms with Crippen molar-refractivity contribution < 1.29 is 48.7 Å². The van der Waals surface area contributed by atoms with Crippen molar-refractivity contribution >= 4 is 22.1 Å². The van der Waals surface area contributed by atoms with Crippen molar-refractivity contribution in [3.63, 3.8) is 0 Å². The van der Waals surface area contributed by atoms with E-state index in [0.29, 0.717) is 0 Å². The highest BCUT2D eigenvalue weighted by Crippen LogP contribution is 2.45. The molecule has 0 heterocycles. The van der Waals surface area contributed by atoms with Crippen LogP contribution >= 0.6 is 0 Å². The molecule has 198 valence electrons. The molecule has 0 saturated carbocycles. The van der Waals surface area contributed by atoms with Crippen molar-refractivity contribution in [1.29, 1.82) is 0 Å². The maximum absolute atomic E-state index is 11.0. The molecule has 2 atom stereocenters. The molecule has 2 unspecified atom stereocenters. The van der Waals surface area contributed by atoms with Gasteiger partial charge in [-0.3, -0.25) is 0 Å². The van der Waals surface area contributed by atoms with Gasteiger partial charge < -0.3 is 40.3 Å². The van der Waals surface area contributed by atoms with Gasteiger partial charge in [0.25, 0.3) is 0 Å². The van der Waals surface area contributed by atoms with Crippen molar-refractivity contribution in [3.8, 4) is 0 Å². The van der Waals surface area contributed by atoms with Gasteiger partial charge in [-0.05, 0) is 54.4 Å². The van der Waals surface area contributed by atoms with Gasteiger partial charge in [0.05, 0.1) is 45.2 Å². The van der Waals surface area contributed by atoms with Gasteiger partial charge in [0.2, 0.25) is 0 Å². The molecular formula is C22H47N3O7S. The number of rotatable bonds is 9. The van der Waals surface area contributed by atoms with Crippen molar-refractivity contribution in [3.05, 3.63) is 11.0 Å². The third-order valence-electron chi connectivity index (χ3n) is 4.81. The van der Waals surface area contributed by atoms with E-state index in [0.717, 1.165) is 19.9 Å². The van der Waals surface area contributed by atoms with Gasteiger partial charge in [0, 0.05) is 21.7 Å². The normalized spacial score (nSPS) is 21.7. The van der Waals surface area contributed by atoms with Crippen LogP contribution < -0.4 is 26.2 Å². The Bertz CT molecular complexity index is 663. The second-order valence-electron chi connectivity index (χ2n) is 8.29.